The van der Waals surface area contributed by atoms with E-state index >= 15 is 0 Å². The average molecular weight is 663 g/mol. The van der Waals surface area contributed by atoms with Crippen LogP contribution in [0.1, 0.15) is 74.9 Å². The van der Waals surface area contributed by atoms with Crippen molar-refractivity contribution in [3.05, 3.63) is 112 Å². The van der Waals surface area contributed by atoms with Gasteiger partial charge in [0, 0.05) is 0 Å². The summed E-state index contributed by atoms with van der Waals surface area (Å²) in [5.74, 6) is 0. The number of benzene rings is 4. The summed E-state index contributed by atoms with van der Waals surface area (Å²) in [5.41, 5.74) is 15.0. The molecule has 0 saturated heterocycles. The molecule has 4 aromatic carbocycles. The maximum absolute atomic E-state index is 4.93. The molecule has 0 nitrogen and oxygen atoms in total. The van der Waals surface area contributed by atoms with Gasteiger partial charge in [0.15, 0.2) is 0 Å². The van der Waals surface area contributed by atoms with E-state index < -0.39 is 29.6 Å². The Morgan fingerprint density at radius 3 is 1.98 bits per heavy atom. The van der Waals surface area contributed by atoms with Gasteiger partial charge in [-0.25, -0.2) is 0 Å². The van der Waals surface area contributed by atoms with Gasteiger partial charge in [-0.15, -0.1) is 5.56 Å². The molecule has 0 spiro atoms. The average Bonchev–Trinajstić information content (AvgIpc) is 3.45. The van der Waals surface area contributed by atoms with Gasteiger partial charge in [0.2, 0.25) is 0 Å². The van der Waals surface area contributed by atoms with E-state index in [2.05, 4.69) is 127 Å². The molecule has 4 heteroatoms. The van der Waals surface area contributed by atoms with Crippen molar-refractivity contribution in [2.24, 2.45) is 0 Å². The molecule has 40 heavy (non-hydrogen) atoms. The zero-order chi connectivity index (χ0) is 29.2. The molecule has 0 amide bonds. The molecule has 4 aromatic rings. The van der Waals surface area contributed by atoms with E-state index in [1.54, 1.807) is 16.3 Å². The molecule has 0 unspecified atom stereocenters. The Bertz CT molecular complexity index is 1450. The van der Waals surface area contributed by atoms with Gasteiger partial charge in [0.1, 0.15) is 0 Å². The molecule has 2 aliphatic rings. The van der Waals surface area contributed by atoms with Crippen molar-refractivity contribution in [2.75, 3.05) is 0 Å². The predicted molar refractivity (Wildman–Crippen MR) is 174 cm³/mol. The van der Waals surface area contributed by atoms with Crippen molar-refractivity contribution >= 4 is 31.0 Å². The minimum Gasteiger partial charge on any atom is -0.179 e. The summed E-state index contributed by atoms with van der Waals surface area (Å²) in [5, 5.41) is 1.68. The van der Waals surface area contributed by atoms with Gasteiger partial charge in [0.25, 0.3) is 0 Å². The van der Waals surface area contributed by atoms with E-state index in [1.165, 1.54) is 44.5 Å². The Hall–Kier alpha value is -1.44. The minimum atomic E-state index is -0.826. The Labute approximate surface area is 262 Å². The molecule has 1 radical (unpaired) electrons. The topological polar surface area (TPSA) is 0 Å². The van der Waals surface area contributed by atoms with E-state index in [1.807, 2.05) is 6.07 Å². The van der Waals surface area contributed by atoms with Crippen LogP contribution in [0.4, 0.5) is 0 Å². The molecule has 2 aliphatic carbocycles. The van der Waals surface area contributed by atoms with Crippen LogP contribution in [0, 0.1) is 6.07 Å². The summed E-state index contributed by atoms with van der Waals surface area (Å²) in [6.45, 7) is 18.9. The van der Waals surface area contributed by atoms with E-state index in [-0.39, 0.29) is 10.8 Å². The van der Waals surface area contributed by atoms with Gasteiger partial charge in [-0.1, -0.05) is 126 Å². The van der Waals surface area contributed by atoms with Gasteiger partial charge in [-0.3, -0.25) is 0 Å². The van der Waals surface area contributed by atoms with Gasteiger partial charge < -0.3 is 0 Å². The molecule has 0 aromatic heterocycles. The summed E-state index contributed by atoms with van der Waals surface area (Å²) in [6.07, 6.45) is 2.16. The second kappa shape index (κ2) is 12.8. The largest absolute Gasteiger partial charge is 0.179 e. The summed E-state index contributed by atoms with van der Waals surface area (Å²) in [4.78, 5) is 0. The minimum absolute atomic E-state index is 0.216. The molecule has 0 saturated carbocycles. The standard InChI is InChI=1S/C23H31Si.C13H9.2ClH.Zr/c1-22(2,3)16-9-10-17-15(13-16)14-19-18(17)11-12-20(23(4,5)6)21(19)24(7)8;1-3-7-12-10(5-1)9-11-6-2-4-8-13(11)12;;;/h9-13H,14H2,1-8H3;1-5,7-8H,9H2;2*1H;/q;-1;;;+2/p-2. The smallest absolute Gasteiger partial charge is 0.0253 e. The molecule has 0 N–H and O–H groups in total. The summed E-state index contributed by atoms with van der Waals surface area (Å²) in [6, 6.07) is 30.0. The Balaban J connectivity index is 0.000000192. The Morgan fingerprint density at radius 2 is 1.32 bits per heavy atom. The van der Waals surface area contributed by atoms with Crippen molar-refractivity contribution in [1.82, 2.24) is 0 Å². The number of hydrogen-bond acceptors (Lipinski definition) is 0. The van der Waals surface area contributed by atoms with E-state index in [9.17, 15) is 0 Å². The third-order valence-electron chi connectivity index (χ3n) is 7.87. The molecular formula is C36H40Cl2SiZr-. The summed E-state index contributed by atoms with van der Waals surface area (Å²) >= 11 is -0.826. The number of hydrogen-bond donors (Lipinski definition) is 0. The molecule has 6 rings (SSSR count). The zero-order valence-electron chi connectivity index (χ0n) is 25.1. The molecule has 0 aliphatic heterocycles. The second-order valence-corrected chi connectivity index (χ2v) is 19.3. The van der Waals surface area contributed by atoms with Crippen molar-refractivity contribution in [3.8, 4) is 22.3 Å². The van der Waals surface area contributed by atoms with E-state index in [0.29, 0.717) is 0 Å². The zero-order valence-corrected chi connectivity index (χ0v) is 30.1. The monoisotopic (exact) mass is 660 g/mol. The third kappa shape index (κ3) is 6.78. The predicted octanol–water partition coefficient (Wildman–Crippen LogP) is 10.2. The van der Waals surface area contributed by atoms with Crippen LogP contribution in [0.2, 0.25) is 13.1 Å². The molecule has 0 bridgehead atoms. The quantitative estimate of drug-likeness (QED) is 0.121. The van der Waals surface area contributed by atoms with Crippen LogP contribution < -0.4 is 5.19 Å². The third-order valence-corrected chi connectivity index (χ3v) is 9.44. The van der Waals surface area contributed by atoms with E-state index in [0.717, 1.165) is 12.8 Å². The SMILES string of the molecule is C[Si](C)c1c(C(C)(C)C)ccc2c1Cc1cc(C(C)(C)C)ccc1-2.[Cl][Zr][Cl].[c-]1cccc2c1Cc1ccccc1-2. The fourth-order valence-corrected chi connectivity index (χ4v) is 7.76. The molecule has 0 atom stereocenters. The van der Waals surface area contributed by atoms with Crippen LogP contribution in [0.15, 0.2) is 72.8 Å². The normalized spacial score (nSPS) is 12.8. The number of rotatable bonds is 1. The Kier molecular flexibility index (Phi) is 10.1. The first-order valence-electron chi connectivity index (χ1n) is 14.0. The first kappa shape index (κ1) is 31.5. The van der Waals surface area contributed by atoms with Crippen molar-refractivity contribution in [1.29, 1.82) is 0 Å². The van der Waals surface area contributed by atoms with Crippen molar-refractivity contribution in [3.63, 3.8) is 0 Å². The molecular weight excluding hydrogens is 623 g/mol. The van der Waals surface area contributed by atoms with Crippen molar-refractivity contribution < 1.29 is 20.8 Å². The maximum atomic E-state index is 4.93. The summed E-state index contributed by atoms with van der Waals surface area (Å²) in [7, 11) is 9.36. The van der Waals surface area contributed by atoms with Crippen molar-refractivity contribution in [2.45, 2.75) is 78.3 Å². The first-order valence-corrected chi connectivity index (χ1v) is 22.8. The van der Waals surface area contributed by atoms with Gasteiger partial charge in [-0.05, 0) is 57.1 Å². The van der Waals surface area contributed by atoms with Crippen LogP contribution in [-0.4, -0.2) is 8.80 Å². The first-order chi connectivity index (χ1) is 18.9. The van der Waals surface area contributed by atoms with Gasteiger partial charge in [0.05, 0.1) is 8.80 Å². The van der Waals surface area contributed by atoms with Gasteiger partial charge in [-0.2, -0.15) is 29.8 Å². The van der Waals surface area contributed by atoms with Gasteiger partial charge >= 0.3 is 37.9 Å². The molecule has 0 heterocycles. The molecule has 0 fully saturated rings. The number of fused-ring (bicyclic) bond motifs is 6. The maximum Gasteiger partial charge on any atom is -0.0253 e. The van der Waals surface area contributed by atoms with Crippen LogP contribution in [-0.2, 0) is 44.5 Å². The second-order valence-electron chi connectivity index (χ2n) is 13.0. The fourth-order valence-electron chi connectivity index (χ4n) is 5.94. The van der Waals surface area contributed by atoms with Crippen LogP contribution in [0.25, 0.3) is 22.3 Å². The summed E-state index contributed by atoms with van der Waals surface area (Å²) < 4.78 is 0. The van der Waals surface area contributed by atoms with Crippen LogP contribution >= 0.6 is 17.0 Å². The number of halogens is 2. The van der Waals surface area contributed by atoms with Crippen LogP contribution in [0.3, 0.4) is 0 Å². The van der Waals surface area contributed by atoms with E-state index in [4.69, 9.17) is 17.0 Å². The Morgan fingerprint density at radius 1 is 0.700 bits per heavy atom. The van der Waals surface area contributed by atoms with Crippen LogP contribution in [0.5, 0.6) is 0 Å². The molecule has 207 valence electrons. The fraction of sp³-hybridized carbons (Fsp3) is 0.333.